The minimum Gasteiger partial charge on any atom is -0.502 e. The minimum absolute atomic E-state index is 0.0157. The van der Waals surface area contributed by atoms with Gasteiger partial charge in [-0.2, -0.15) is 0 Å². The van der Waals surface area contributed by atoms with Gasteiger partial charge in [0.05, 0.1) is 42.8 Å². The summed E-state index contributed by atoms with van der Waals surface area (Å²) >= 11 is 17.7. The molecule has 11 nitrogen and oxygen atoms in total. The lowest BCUT2D eigenvalue weighted by atomic mass is 9.56. The Kier molecular flexibility index (Phi) is 7.25. The fraction of sp³-hybridized carbons (Fsp3) is 0.367. The summed E-state index contributed by atoms with van der Waals surface area (Å²) in [5.41, 5.74) is 0.713. The summed E-state index contributed by atoms with van der Waals surface area (Å²) in [6.45, 7) is 0. The van der Waals surface area contributed by atoms with Crippen LogP contribution in [0.1, 0.15) is 34.7 Å². The summed E-state index contributed by atoms with van der Waals surface area (Å²) in [4.78, 5) is 65.1. The highest BCUT2D eigenvalue weighted by Crippen LogP contribution is 2.66. The molecule has 4 aliphatic rings. The summed E-state index contributed by atoms with van der Waals surface area (Å²) in [6, 6.07) is 8.47. The Morgan fingerprint density at radius 3 is 2.27 bits per heavy atom. The zero-order valence-corrected chi connectivity index (χ0v) is 26.4. The van der Waals surface area contributed by atoms with Crippen LogP contribution in [-0.2, 0) is 19.2 Å². The Balaban J connectivity index is 1.53. The molecule has 2 aromatic carbocycles. The largest absolute Gasteiger partial charge is 0.502 e. The smallest absolute Gasteiger partial charge is 0.335 e. The summed E-state index contributed by atoms with van der Waals surface area (Å²) in [7, 11) is 2.67. The highest BCUT2D eigenvalue weighted by atomic mass is 79.9. The van der Waals surface area contributed by atoms with E-state index in [0.29, 0.717) is 11.1 Å². The number of aromatic hydroxyl groups is 1. The molecule has 0 radical (unpaired) electrons. The molecule has 2 heterocycles. The van der Waals surface area contributed by atoms with Gasteiger partial charge >= 0.3 is 5.97 Å². The van der Waals surface area contributed by atoms with Crippen LogP contribution in [0.25, 0.3) is 0 Å². The van der Waals surface area contributed by atoms with Gasteiger partial charge in [0.2, 0.25) is 17.6 Å². The number of imide groups is 2. The minimum atomic E-state index is -2.05. The van der Waals surface area contributed by atoms with Gasteiger partial charge in [0.25, 0.3) is 11.8 Å². The number of carbonyl (C=O) groups is 5. The highest BCUT2D eigenvalue weighted by molar-refractivity contribution is 9.09. The van der Waals surface area contributed by atoms with Crippen LogP contribution in [0, 0.1) is 17.8 Å². The predicted molar refractivity (Wildman–Crippen MR) is 160 cm³/mol. The van der Waals surface area contributed by atoms with E-state index in [1.54, 1.807) is 6.08 Å². The monoisotopic (exact) mass is 706 g/mol. The molecule has 0 unspecified atom stereocenters. The van der Waals surface area contributed by atoms with Crippen LogP contribution in [0.4, 0.5) is 5.69 Å². The molecular formula is C30H25BrCl2N2O9. The third kappa shape index (κ3) is 3.89. The zero-order valence-electron chi connectivity index (χ0n) is 23.3. The number of aromatic carboxylic acids is 1. The fourth-order valence-corrected chi connectivity index (χ4v) is 8.67. The standard InChI is InChI=1S/C30H25BrCl2N2O9/c1-43-19-9-14(10-20(44-2)23(19)36)22-16-6-7-17-21(18(16)11-29(32)27(41)34(12-31)28(42)30(22,29)33)25(38)35(24(17)37)15-5-3-4-13(8-15)26(39)40/h3-6,8-10,17-18,21-22,36H,7,11-12H2,1-2H3,(H,39,40)/t17-,18+,21-,22-,29+,30-/m0/s1. The van der Waals surface area contributed by atoms with Gasteiger partial charge in [-0.25, -0.2) is 4.79 Å². The van der Waals surface area contributed by atoms with E-state index in [-0.39, 0.29) is 46.8 Å². The molecule has 2 N–H and O–H groups in total. The van der Waals surface area contributed by atoms with Crippen LogP contribution in [0.15, 0.2) is 48.0 Å². The summed E-state index contributed by atoms with van der Waals surface area (Å²) in [6.07, 6.45) is 1.66. The van der Waals surface area contributed by atoms with Crippen LogP contribution >= 0.6 is 39.1 Å². The van der Waals surface area contributed by atoms with Crippen LogP contribution < -0.4 is 14.4 Å². The first-order valence-corrected chi connectivity index (χ1v) is 15.4. The number of carbonyl (C=O) groups excluding carboxylic acids is 4. The molecule has 0 bridgehead atoms. The maximum atomic E-state index is 14.1. The van der Waals surface area contributed by atoms with Crippen LogP contribution in [-0.4, -0.2) is 74.1 Å². The molecule has 1 saturated carbocycles. The van der Waals surface area contributed by atoms with Crippen molar-refractivity contribution in [2.75, 3.05) is 24.6 Å². The third-order valence-corrected chi connectivity index (χ3v) is 11.1. The molecule has 230 valence electrons. The molecule has 6 atom stereocenters. The second kappa shape index (κ2) is 10.5. The van der Waals surface area contributed by atoms with E-state index in [4.69, 9.17) is 32.7 Å². The molecule has 2 aliphatic heterocycles. The molecule has 0 spiro atoms. The van der Waals surface area contributed by atoms with Crippen molar-refractivity contribution < 1.29 is 43.7 Å². The Labute approximate surface area is 269 Å². The molecule has 3 fully saturated rings. The molecule has 2 aliphatic carbocycles. The molecule has 0 aromatic heterocycles. The second-order valence-corrected chi connectivity index (χ2v) is 12.9. The van der Waals surface area contributed by atoms with Gasteiger partial charge in [0.15, 0.2) is 21.2 Å². The number of rotatable bonds is 6. The van der Waals surface area contributed by atoms with E-state index >= 15 is 0 Å². The number of phenolic OH excluding ortho intramolecular Hbond substituents is 1. The van der Waals surface area contributed by atoms with Crippen molar-refractivity contribution in [3.05, 3.63) is 59.2 Å². The van der Waals surface area contributed by atoms with Crippen molar-refractivity contribution in [1.82, 2.24) is 4.90 Å². The number of hydrogen-bond acceptors (Lipinski definition) is 8. The van der Waals surface area contributed by atoms with E-state index in [0.717, 1.165) is 9.80 Å². The van der Waals surface area contributed by atoms with E-state index in [2.05, 4.69) is 15.9 Å². The molecule has 14 heteroatoms. The van der Waals surface area contributed by atoms with Crippen LogP contribution in [0.2, 0.25) is 0 Å². The number of ether oxygens (including phenoxy) is 2. The SMILES string of the molecule is COc1cc([C@H]2C3=CC[C@@H]4C(=O)N(c5cccc(C(=O)O)c5)C(=O)[C@@H]4[C@@H]3C[C@@]3(Cl)C(=O)N(CBr)C(=O)[C@@]23Cl)cc(OC)c1O. The first-order valence-electron chi connectivity index (χ1n) is 13.5. The molecule has 4 amide bonds. The number of amides is 4. The number of alkyl halides is 3. The molecule has 6 rings (SSSR count). The number of methoxy groups -OCH3 is 2. The number of fused-ring (bicyclic) bond motifs is 4. The van der Waals surface area contributed by atoms with E-state index < -0.39 is 63.0 Å². The van der Waals surface area contributed by atoms with Gasteiger partial charge in [-0.3, -0.25) is 29.0 Å². The number of hydrogen-bond donors (Lipinski definition) is 2. The summed E-state index contributed by atoms with van der Waals surface area (Å²) in [5, 5.41) is 20.1. The maximum Gasteiger partial charge on any atom is 0.335 e. The number of nitrogens with zero attached hydrogens (tertiary/aromatic N) is 2. The van der Waals surface area contributed by atoms with Crippen molar-refractivity contribution in [3.63, 3.8) is 0 Å². The Morgan fingerprint density at radius 2 is 1.68 bits per heavy atom. The number of phenols is 1. The topological polar surface area (TPSA) is 151 Å². The lowest BCUT2D eigenvalue weighted by molar-refractivity contribution is -0.138. The van der Waals surface area contributed by atoms with E-state index in [1.807, 2.05) is 0 Å². The first-order chi connectivity index (χ1) is 20.8. The Morgan fingerprint density at radius 1 is 1.02 bits per heavy atom. The number of benzene rings is 2. The van der Waals surface area contributed by atoms with Crippen molar-refractivity contribution in [2.45, 2.75) is 28.5 Å². The lowest BCUT2D eigenvalue weighted by Crippen LogP contribution is -2.60. The summed E-state index contributed by atoms with van der Waals surface area (Å²) < 4.78 is 10.7. The predicted octanol–water partition coefficient (Wildman–Crippen LogP) is 4.02. The lowest BCUT2D eigenvalue weighted by Gasteiger charge is -2.50. The van der Waals surface area contributed by atoms with Gasteiger partial charge in [-0.1, -0.05) is 33.6 Å². The Hall–Kier alpha value is -3.61. The zero-order chi connectivity index (χ0) is 31.9. The number of carboxylic acid groups (broad SMARTS) is 1. The highest BCUT2D eigenvalue weighted by Gasteiger charge is 2.76. The molecule has 44 heavy (non-hydrogen) atoms. The second-order valence-electron chi connectivity index (χ2n) is 11.1. The maximum absolute atomic E-state index is 14.1. The molecular weight excluding hydrogens is 683 g/mol. The van der Waals surface area contributed by atoms with Gasteiger partial charge in [0, 0.05) is 5.92 Å². The van der Waals surface area contributed by atoms with Gasteiger partial charge in [-0.05, 0) is 54.7 Å². The van der Waals surface area contributed by atoms with Crippen LogP contribution in [0.5, 0.6) is 17.2 Å². The average Bonchev–Trinajstić information content (AvgIpc) is 3.34. The third-order valence-electron chi connectivity index (χ3n) is 9.20. The van der Waals surface area contributed by atoms with E-state index in [9.17, 15) is 34.2 Å². The quantitative estimate of drug-likeness (QED) is 0.196. The normalized spacial score (nSPS) is 31.0. The molecule has 2 aromatic rings. The Bertz CT molecular complexity index is 1670. The molecule has 2 saturated heterocycles. The van der Waals surface area contributed by atoms with Crippen LogP contribution in [0.3, 0.4) is 0 Å². The first kappa shape index (κ1) is 30.4. The average molecular weight is 708 g/mol. The van der Waals surface area contributed by atoms with Gasteiger partial charge < -0.3 is 19.7 Å². The van der Waals surface area contributed by atoms with E-state index in [1.165, 1.54) is 50.6 Å². The number of anilines is 1. The number of halogens is 3. The van der Waals surface area contributed by atoms with Crippen molar-refractivity contribution >= 4 is 74.4 Å². The number of carboxylic acids is 1. The van der Waals surface area contributed by atoms with Gasteiger partial charge in [0.1, 0.15) is 0 Å². The summed E-state index contributed by atoms with van der Waals surface area (Å²) in [5.74, 6) is -7.75. The number of likely N-dealkylation sites (tertiary alicyclic amines) is 1. The number of allylic oxidation sites excluding steroid dienone is 2. The van der Waals surface area contributed by atoms with Crippen molar-refractivity contribution in [2.24, 2.45) is 17.8 Å². The van der Waals surface area contributed by atoms with Gasteiger partial charge in [-0.15, -0.1) is 23.2 Å². The van der Waals surface area contributed by atoms with Crippen molar-refractivity contribution in [3.8, 4) is 17.2 Å². The van der Waals surface area contributed by atoms with Crippen molar-refractivity contribution in [1.29, 1.82) is 0 Å². The fourth-order valence-electron chi connectivity index (χ4n) is 7.24.